The van der Waals surface area contributed by atoms with Crippen molar-refractivity contribution in [3.8, 4) is 22.3 Å². The summed E-state index contributed by atoms with van der Waals surface area (Å²) in [5.41, 5.74) is 12.3. The molecule has 10 rings (SSSR count). The fourth-order valence-electron chi connectivity index (χ4n) is 7.99. The molecule has 0 radical (unpaired) electrons. The van der Waals surface area contributed by atoms with Crippen LogP contribution in [0.4, 0.5) is 34.1 Å². The fourth-order valence-corrected chi connectivity index (χ4v) is 7.99. The molecule has 0 saturated carbocycles. The summed E-state index contributed by atoms with van der Waals surface area (Å²) in [6.45, 7) is 0. The Balaban J connectivity index is 1.37. The first-order chi connectivity index (χ1) is 27.3. The van der Waals surface area contributed by atoms with E-state index in [4.69, 9.17) is 4.42 Å². The van der Waals surface area contributed by atoms with Crippen LogP contribution in [-0.2, 0) is 0 Å². The Labute approximate surface area is 320 Å². The van der Waals surface area contributed by atoms with Gasteiger partial charge in [-0.2, -0.15) is 0 Å². The minimum absolute atomic E-state index is 0.814. The molecule has 260 valence electrons. The number of furan rings is 1. The molecule has 1 heterocycles. The lowest BCUT2D eigenvalue weighted by atomic mass is 9.99. The van der Waals surface area contributed by atoms with Crippen molar-refractivity contribution in [3.63, 3.8) is 0 Å². The monoisotopic (exact) mass is 704 g/mol. The summed E-state index contributed by atoms with van der Waals surface area (Å²) in [4.78, 5) is 4.79. The summed E-state index contributed by atoms with van der Waals surface area (Å²) < 4.78 is 7.17. The van der Waals surface area contributed by atoms with Crippen molar-refractivity contribution in [1.29, 1.82) is 0 Å². The molecule has 1 aromatic heterocycles. The van der Waals surface area contributed by atoms with Crippen molar-refractivity contribution >= 4 is 66.8 Å². The van der Waals surface area contributed by atoms with Crippen molar-refractivity contribution < 1.29 is 4.42 Å². The van der Waals surface area contributed by atoms with Crippen LogP contribution in [-0.4, -0.2) is 0 Å². The largest absolute Gasteiger partial charge is 0.454 e. The third-order valence-corrected chi connectivity index (χ3v) is 10.4. The number of rotatable bonds is 8. The van der Waals surface area contributed by atoms with Gasteiger partial charge in [0.2, 0.25) is 0 Å². The molecular weight excluding hydrogens is 669 g/mol. The van der Waals surface area contributed by atoms with Gasteiger partial charge in [-0.05, 0) is 76.5 Å². The molecule has 0 N–H and O–H groups in total. The third-order valence-electron chi connectivity index (χ3n) is 10.4. The second-order valence-corrected chi connectivity index (χ2v) is 13.7. The Bertz CT molecular complexity index is 2920. The molecule has 10 aromatic rings. The normalized spacial score (nSPS) is 11.3. The molecule has 9 aromatic carbocycles. The molecule has 0 spiro atoms. The average Bonchev–Trinajstić information content (AvgIpc) is 3.66. The van der Waals surface area contributed by atoms with Crippen LogP contribution in [0.2, 0.25) is 0 Å². The average molecular weight is 705 g/mol. The maximum absolute atomic E-state index is 7.17. The van der Waals surface area contributed by atoms with Gasteiger partial charge in [-0.15, -0.1) is 0 Å². The first-order valence-corrected chi connectivity index (χ1v) is 18.7. The van der Waals surface area contributed by atoms with Crippen molar-refractivity contribution in [1.82, 2.24) is 0 Å². The number of benzene rings is 9. The molecule has 3 heteroatoms. The molecule has 0 aliphatic rings. The van der Waals surface area contributed by atoms with Gasteiger partial charge in [-0.1, -0.05) is 164 Å². The lowest BCUT2D eigenvalue weighted by Gasteiger charge is -2.34. The van der Waals surface area contributed by atoms with Gasteiger partial charge >= 0.3 is 0 Å². The van der Waals surface area contributed by atoms with Crippen LogP contribution >= 0.6 is 0 Å². The lowest BCUT2D eigenvalue weighted by Crippen LogP contribution is -2.18. The zero-order valence-corrected chi connectivity index (χ0v) is 30.1. The van der Waals surface area contributed by atoms with E-state index >= 15 is 0 Å². The summed E-state index contributed by atoms with van der Waals surface area (Å²) in [5.74, 6) is 0. The molecule has 55 heavy (non-hydrogen) atoms. The number of hydrogen-bond donors (Lipinski definition) is 0. The molecule has 3 nitrogen and oxygen atoms in total. The molecule has 0 amide bonds. The first-order valence-electron chi connectivity index (χ1n) is 18.7. The van der Waals surface area contributed by atoms with E-state index in [1.165, 1.54) is 10.8 Å². The smallest absolute Gasteiger partial charge is 0.161 e. The Hall–Kier alpha value is -7.36. The number of fused-ring (bicyclic) bond motifs is 5. The van der Waals surface area contributed by atoms with Crippen LogP contribution in [0.3, 0.4) is 0 Å². The minimum atomic E-state index is 0.814. The molecule has 0 saturated heterocycles. The van der Waals surface area contributed by atoms with Gasteiger partial charge in [0.05, 0.1) is 17.1 Å². The van der Waals surface area contributed by atoms with Gasteiger partial charge in [0.15, 0.2) is 5.58 Å². The van der Waals surface area contributed by atoms with E-state index in [0.29, 0.717) is 0 Å². The zero-order valence-electron chi connectivity index (χ0n) is 30.1. The Morgan fingerprint density at radius 3 is 1.44 bits per heavy atom. The van der Waals surface area contributed by atoms with Crippen LogP contribution in [0.15, 0.2) is 223 Å². The summed E-state index contributed by atoms with van der Waals surface area (Å²) >= 11 is 0. The highest BCUT2D eigenvalue weighted by Crippen LogP contribution is 2.53. The van der Waals surface area contributed by atoms with E-state index in [1.807, 2.05) is 0 Å². The van der Waals surface area contributed by atoms with Gasteiger partial charge in [-0.3, -0.25) is 0 Å². The Morgan fingerprint density at radius 1 is 0.327 bits per heavy atom. The first kappa shape index (κ1) is 32.3. The number of para-hydroxylation sites is 4. The highest BCUT2D eigenvalue weighted by atomic mass is 16.3. The summed E-state index contributed by atoms with van der Waals surface area (Å²) in [6, 6.07) is 77.4. The van der Waals surface area contributed by atoms with E-state index < -0.39 is 0 Å². The predicted octanol–water partition coefficient (Wildman–Crippen LogP) is 15.0. The van der Waals surface area contributed by atoms with Gasteiger partial charge in [0.1, 0.15) is 11.3 Å². The quantitative estimate of drug-likeness (QED) is 0.157. The van der Waals surface area contributed by atoms with Gasteiger partial charge in [0, 0.05) is 33.3 Å². The van der Waals surface area contributed by atoms with Crippen molar-refractivity contribution in [2.75, 3.05) is 9.80 Å². The highest BCUT2D eigenvalue weighted by molar-refractivity contribution is 6.22. The summed E-state index contributed by atoms with van der Waals surface area (Å²) in [5, 5.41) is 4.53. The summed E-state index contributed by atoms with van der Waals surface area (Å²) in [6.07, 6.45) is 0. The molecule has 0 aliphatic heterocycles. The Morgan fingerprint density at radius 2 is 0.818 bits per heavy atom. The number of anilines is 6. The molecule has 0 bridgehead atoms. The molecular formula is C52H36N2O. The van der Waals surface area contributed by atoms with Crippen LogP contribution in [0.1, 0.15) is 0 Å². The van der Waals surface area contributed by atoms with E-state index in [2.05, 4.69) is 228 Å². The molecule has 0 fully saturated rings. The highest BCUT2D eigenvalue weighted by Gasteiger charge is 2.29. The van der Waals surface area contributed by atoms with E-state index in [-0.39, 0.29) is 0 Å². The lowest BCUT2D eigenvalue weighted by molar-refractivity contribution is 0.669. The molecule has 0 unspecified atom stereocenters. The minimum Gasteiger partial charge on any atom is -0.454 e. The predicted molar refractivity (Wildman–Crippen MR) is 231 cm³/mol. The fraction of sp³-hybridized carbons (Fsp3) is 0. The van der Waals surface area contributed by atoms with Gasteiger partial charge in [-0.25, -0.2) is 0 Å². The van der Waals surface area contributed by atoms with Crippen molar-refractivity contribution in [3.05, 3.63) is 218 Å². The Kier molecular flexibility index (Phi) is 8.16. The maximum Gasteiger partial charge on any atom is 0.161 e. The zero-order chi connectivity index (χ0) is 36.6. The molecule has 0 aliphatic carbocycles. The van der Waals surface area contributed by atoms with E-state index in [1.54, 1.807) is 0 Å². The van der Waals surface area contributed by atoms with Crippen LogP contribution in [0.25, 0.3) is 55.0 Å². The van der Waals surface area contributed by atoms with Crippen LogP contribution in [0, 0.1) is 0 Å². The topological polar surface area (TPSA) is 19.6 Å². The molecule has 0 atom stereocenters. The van der Waals surface area contributed by atoms with Crippen molar-refractivity contribution in [2.24, 2.45) is 0 Å². The SMILES string of the molecule is c1ccc(-c2ccccc2N(c2ccccc2)c2ccc3c(oc4ccc5ccccc5c43)c2N(c2ccccc2)c2ccccc2-c2ccccc2)cc1. The number of nitrogens with zero attached hydrogens (tertiary/aromatic N) is 2. The van der Waals surface area contributed by atoms with Crippen LogP contribution in [0.5, 0.6) is 0 Å². The summed E-state index contributed by atoms with van der Waals surface area (Å²) in [7, 11) is 0. The van der Waals surface area contributed by atoms with Gasteiger partial charge < -0.3 is 14.2 Å². The van der Waals surface area contributed by atoms with E-state index in [0.717, 1.165) is 78.3 Å². The van der Waals surface area contributed by atoms with E-state index in [9.17, 15) is 0 Å². The van der Waals surface area contributed by atoms with Crippen LogP contribution < -0.4 is 9.80 Å². The van der Waals surface area contributed by atoms with Crippen molar-refractivity contribution in [2.45, 2.75) is 0 Å². The third kappa shape index (κ3) is 5.70. The maximum atomic E-state index is 7.17. The van der Waals surface area contributed by atoms with Gasteiger partial charge in [0.25, 0.3) is 0 Å². The second-order valence-electron chi connectivity index (χ2n) is 13.7. The standard InChI is InChI=1S/C52H36N2O/c1-5-19-37(20-6-1)42-28-15-17-31-46(42)53(40-24-9-3-10-25-40)48-35-34-45-50-44-30-14-13-23-39(44)33-36-49(50)55-52(45)51(48)54(41-26-11-4-12-27-41)47-32-18-16-29-43(47)38-21-7-2-8-22-38/h1-36H. The number of hydrogen-bond acceptors (Lipinski definition) is 3. The second kappa shape index (κ2) is 13.9.